The number of fused-ring (bicyclic) bond motifs is 2. The molecule has 0 unspecified atom stereocenters. The lowest BCUT2D eigenvalue weighted by molar-refractivity contribution is -0.521. The van der Waals surface area contributed by atoms with E-state index in [4.69, 9.17) is 0 Å². The highest BCUT2D eigenvalue weighted by molar-refractivity contribution is 7.14. The Hall–Kier alpha value is -2.76. The van der Waals surface area contributed by atoms with E-state index in [-0.39, 0.29) is 24.8 Å². The fraction of sp³-hybridized carbons (Fsp3) is 0.474. The van der Waals surface area contributed by atoms with Gasteiger partial charge in [0.15, 0.2) is 6.04 Å². The van der Waals surface area contributed by atoms with Gasteiger partial charge < -0.3 is 30.3 Å². The minimum Gasteiger partial charge on any atom is -0.543 e. The van der Waals surface area contributed by atoms with Crippen LogP contribution in [-0.4, -0.2) is 56.7 Å². The van der Waals surface area contributed by atoms with E-state index in [0.717, 1.165) is 4.83 Å². The normalized spacial score (nSPS) is 25.3. The van der Waals surface area contributed by atoms with Crippen LogP contribution >= 0.6 is 11.3 Å². The van der Waals surface area contributed by atoms with Crippen molar-refractivity contribution in [3.05, 3.63) is 34.9 Å². The molecule has 3 N–H and O–H groups in total. The molecule has 2 aliphatic rings. The van der Waals surface area contributed by atoms with Gasteiger partial charge >= 0.3 is 0 Å². The Morgan fingerprint density at radius 1 is 1.50 bits per heavy atom. The van der Waals surface area contributed by atoms with Crippen molar-refractivity contribution in [1.29, 1.82) is 0 Å². The van der Waals surface area contributed by atoms with Gasteiger partial charge in [0, 0.05) is 16.9 Å². The third-order valence-corrected chi connectivity index (χ3v) is 6.86. The first-order valence-electron chi connectivity index (χ1n) is 9.55. The largest absolute Gasteiger partial charge is 0.543 e. The van der Waals surface area contributed by atoms with Crippen LogP contribution in [0.2, 0.25) is 0 Å². The zero-order valence-corrected chi connectivity index (χ0v) is 17.2. The van der Waals surface area contributed by atoms with Crippen molar-refractivity contribution in [2.24, 2.45) is 11.8 Å². The van der Waals surface area contributed by atoms with E-state index in [1.807, 2.05) is 22.9 Å². The molecule has 2 aliphatic heterocycles. The number of nitrogens with zero attached hydrogens (tertiary/aromatic N) is 3. The molecule has 4 heterocycles. The van der Waals surface area contributed by atoms with Gasteiger partial charge in [-0.1, -0.05) is 18.3 Å². The zero-order chi connectivity index (χ0) is 21.7. The molecule has 2 aromatic heterocycles. The standard InChI is InChI=1S/C19H22N4O6S/c1-9-11(16(19(28)29)23-15(9)14(10(2)26)18(23)27)5-21-6-13-22(3-4-30-13)17(21)12(7-24)20-8-25/h3-4,6,8-10,12,14-15,24,26H,5,7H2,1-2H3,(H-,20,25,28,29)/t9-,10+,12+,14+,15+/m0/s1. The summed E-state index contributed by atoms with van der Waals surface area (Å²) in [5.41, 5.74) is 0.343. The van der Waals surface area contributed by atoms with E-state index in [1.54, 1.807) is 10.8 Å². The van der Waals surface area contributed by atoms with Gasteiger partial charge in [-0.3, -0.25) is 9.59 Å². The van der Waals surface area contributed by atoms with Crippen LogP contribution in [0.5, 0.6) is 0 Å². The number of amides is 2. The van der Waals surface area contributed by atoms with Gasteiger partial charge in [-0.15, -0.1) is 0 Å². The minimum absolute atomic E-state index is 0.137. The van der Waals surface area contributed by atoms with Crippen molar-refractivity contribution in [2.45, 2.75) is 38.6 Å². The number of imidazole rings is 1. The molecule has 0 aromatic carbocycles. The summed E-state index contributed by atoms with van der Waals surface area (Å²) in [7, 11) is 0. The number of nitrogens with one attached hydrogen (secondary N) is 1. The first-order chi connectivity index (χ1) is 14.3. The predicted molar refractivity (Wildman–Crippen MR) is 101 cm³/mol. The molecule has 30 heavy (non-hydrogen) atoms. The summed E-state index contributed by atoms with van der Waals surface area (Å²) in [6.45, 7) is 3.14. The molecule has 2 aromatic rings. The SMILES string of the molecule is C[C@@H](O)[C@H]1C(=O)N2C(C(=O)[O-])=C(Cn3cc4scc[n+]4c3[C@@H](CO)NC=O)[C@H](C)[C@H]12. The van der Waals surface area contributed by atoms with E-state index < -0.39 is 36.0 Å². The second kappa shape index (κ2) is 7.49. The van der Waals surface area contributed by atoms with Crippen molar-refractivity contribution in [3.63, 3.8) is 0 Å². The Balaban J connectivity index is 1.78. The maximum absolute atomic E-state index is 12.5. The number of aliphatic carboxylic acids is 1. The van der Waals surface area contributed by atoms with Crippen molar-refractivity contribution in [3.8, 4) is 0 Å². The Kier molecular flexibility index (Phi) is 5.12. The van der Waals surface area contributed by atoms with Gasteiger partial charge in [0.1, 0.15) is 18.9 Å². The third-order valence-electron chi connectivity index (χ3n) is 6.06. The Morgan fingerprint density at radius 3 is 2.83 bits per heavy atom. The lowest BCUT2D eigenvalue weighted by Gasteiger charge is -2.47. The molecule has 1 fully saturated rings. The molecule has 0 bridgehead atoms. The second-order valence-corrected chi connectivity index (χ2v) is 8.59. The number of rotatable bonds is 8. The molecule has 160 valence electrons. The summed E-state index contributed by atoms with van der Waals surface area (Å²) in [6, 6.07) is -1.14. The molecule has 0 spiro atoms. The van der Waals surface area contributed by atoms with Crippen LogP contribution in [0.25, 0.3) is 4.83 Å². The summed E-state index contributed by atoms with van der Waals surface area (Å²) in [6.07, 6.45) is 3.22. The predicted octanol–water partition coefficient (Wildman–Crippen LogP) is -2.07. The highest BCUT2D eigenvalue weighted by Gasteiger charge is 2.58. The van der Waals surface area contributed by atoms with Gasteiger partial charge in [0.2, 0.25) is 17.1 Å². The highest BCUT2D eigenvalue weighted by atomic mass is 32.1. The zero-order valence-electron chi connectivity index (χ0n) is 16.4. The van der Waals surface area contributed by atoms with Crippen molar-refractivity contribution < 1.29 is 34.1 Å². The Bertz CT molecular complexity index is 1060. The lowest BCUT2D eigenvalue weighted by atomic mass is 9.78. The first kappa shape index (κ1) is 20.5. The van der Waals surface area contributed by atoms with Crippen LogP contribution in [0, 0.1) is 11.8 Å². The highest BCUT2D eigenvalue weighted by Crippen LogP contribution is 2.47. The average Bonchev–Trinajstić information content (AvgIpc) is 3.32. The third kappa shape index (κ3) is 2.84. The number of aliphatic hydroxyl groups excluding tert-OH is 2. The van der Waals surface area contributed by atoms with Crippen molar-refractivity contribution in [1.82, 2.24) is 14.8 Å². The lowest BCUT2D eigenvalue weighted by Crippen LogP contribution is -2.64. The molecule has 0 aliphatic carbocycles. The molecule has 0 saturated carbocycles. The van der Waals surface area contributed by atoms with Crippen molar-refractivity contribution >= 4 is 34.5 Å². The number of thiazole rings is 1. The summed E-state index contributed by atoms with van der Waals surface area (Å²) in [5, 5.41) is 36.1. The summed E-state index contributed by atoms with van der Waals surface area (Å²) in [5.74, 6) is -2.25. The van der Waals surface area contributed by atoms with Gasteiger partial charge in [0.25, 0.3) is 5.82 Å². The average molecular weight is 434 g/mol. The van der Waals surface area contributed by atoms with Crippen LogP contribution in [0.15, 0.2) is 29.0 Å². The molecule has 11 heteroatoms. The van der Waals surface area contributed by atoms with Gasteiger partial charge in [-0.05, 0) is 6.92 Å². The fourth-order valence-corrected chi connectivity index (χ4v) is 5.50. The number of carboxylic acids is 1. The monoisotopic (exact) mass is 434 g/mol. The van der Waals surface area contributed by atoms with Gasteiger partial charge in [-0.25, -0.2) is 4.57 Å². The number of carbonyl (C=O) groups is 3. The van der Waals surface area contributed by atoms with E-state index in [0.29, 0.717) is 17.8 Å². The van der Waals surface area contributed by atoms with E-state index in [9.17, 15) is 29.7 Å². The fourth-order valence-electron chi connectivity index (χ4n) is 4.72. The summed E-state index contributed by atoms with van der Waals surface area (Å²) in [4.78, 5) is 37.5. The molecule has 2 amide bonds. The smallest absolute Gasteiger partial charge is 0.288 e. The van der Waals surface area contributed by atoms with Crippen LogP contribution in [-0.2, 0) is 20.9 Å². The number of aliphatic hydroxyl groups is 2. The molecular formula is C19H22N4O6S. The maximum atomic E-state index is 12.5. The molecule has 10 nitrogen and oxygen atoms in total. The summed E-state index contributed by atoms with van der Waals surface area (Å²) < 4.78 is 3.59. The molecule has 0 radical (unpaired) electrons. The van der Waals surface area contributed by atoms with E-state index in [2.05, 4.69) is 5.32 Å². The molecule has 4 rings (SSSR count). The molecular weight excluding hydrogens is 412 g/mol. The van der Waals surface area contributed by atoms with Crippen LogP contribution in [0.4, 0.5) is 0 Å². The number of hydrogen-bond acceptors (Lipinski definition) is 7. The Morgan fingerprint density at radius 2 is 2.23 bits per heavy atom. The quantitative estimate of drug-likeness (QED) is 0.248. The van der Waals surface area contributed by atoms with Crippen molar-refractivity contribution in [2.75, 3.05) is 6.61 Å². The number of hydrogen-bond donors (Lipinski definition) is 3. The van der Waals surface area contributed by atoms with Crippen LogP contribution in [0.3, 0.4) is 0 Å². The van der Waals surface area contributed by atoms with Gasteiger partial charge in [0.05, 0.1) is 36.3 Å². The molecule has 5 atom stereocenters. The topological polar surface area (TPSA) is 139 Å². The maximum Gasteiger partial charge on any atom is 0.288 e. The Labute approximate surface area is 175 Å². The molecule has 1 saturated heterocycles. The number of aromatic nitrogens is 2. The minimum atomic E-state index is -1.44. The number of carbonyl (C=O) groups excluding carboxylic acids is 3. The van der Waals surface area contributed by atoms with E-state index in [1.165, 1.54) is 23.2 Å². The van der Waals surface area contributed by atoms with Crippen LogP contribution < -0.4 is 14.8 Å². The first-order valence-corrected chi connectivity index (χ1v) is 10.4. The summed E-state index contributed by atoms with van der Waals surface area (Å²) >= 11 is 1.45. The number of β-lactam (4-membered cyclic amide) rings is 1. The van der Waals surface area contributed by atoms with Crippen LogP contribution in [0.1, 0.15) is 25.7 Å². The second-order valence-electron chi connectivity index (χ2n) is 7.66. The number of carboxylic acid groups (broad SMARTS) is 1. The van der Waals surface area contributed by atoms with Gasteiger partial charge in [-0.2, -0.15) is 4.40 Å². The van der Waals surface area contributed by atoms with E-state index >= 15 is 0 Å².